The second-order valence-corrected chi connectivity index (χ2v) is 5.07. The van der Waals surface area contributed by atoms with E-state index in [9.17, 15) is 4.79 Å². The molecule has 2 aromatic rings. The number of carbonyl (C=O) groups is 1. The minimum absolute atomic E-state index is 0.317. The van der Waals surface area contributed by atoms with Gasteiger partial charge in [0.1, 0.15) is 5.82 Å². The van der Waals surface area contributed by atoms with Gasteiger partial charge in [-0.3, -0.25) is 0 Å². The Hall–Kier alpha value is -2.63. The summed E-state index contributed by atoms with van der Waals surface area (Å²) in [6.45, 7) is 7.00. The van der Waals surface area contributed by atoms with E-state index in [0.29, 0.717) is 23.9 Å². The van der Waals surface area contributed by atoms with Crippen molar-refractivity contribution in [2.45, 2.75) is 27.2 Å². The van der Waals surface area contributed by atoms with Crippen molar-refractivity contribution < 1.29 is 9.53 Å². The summed E-state index contributed by atoms with van der Waals surface area (Å²) in [7, 11) is 0. The van der Waals surface area contributed by atoms with Gasteiger partial charge in [-0.25, -0.2) is 9.78 Å². The quantitative estimate of drug-likeness (QED) is 0.761. The molecule has 0 aliphatic heterocycles. The first-order valence-electron chi connectivity index (χ1n) is 7.76. The van der Waals surface area contributed by atoms with Crippen LogP contribution in [0.15, 0.2) is 30.3 Å². The van der Waals surface area contributed by atoms with Crippen LogP contribution in [0.3, 0.4) is 0 Å². The van der Waals surface area contributed by atoms with Crippen molar-refractivity contribution >= 4 is 23.4 Å². The Morgan fingerprint density at radius 3 is 2.57 bits per heavy atom. The lowest BCUT2D eigenvalue weighted by molar-refractivity contribution is 0.0526. The third-order valence-corrected chi connectivity index (χ3v) is 3.06. The molecule has 0 saturated heterocycles. The van der Waals surface area contributed by atoms with E-state index in [4.69, 9.17) is 4.74 Å². The summed E-state index contributed by atoms with van der Waals surface area (Å²) in [5, 5.41) is 6.39. The molecule has 1 heterocycles. The maximum atomic E-state index is 11.6. The fraction of sp³-hybridized carbons (Fsp3) is 0.353. The summed E-state index contributed by atoms with van der Waals surface area (Å²) in [4.78, 5) is 20.4. The van der Waals surface area contributed by atoms with E-state index in [-0.39, 0.29) is 5.97 Å². The molecule has 1 aromatic carbocycles. The fourth-order valence-corrected chi connectivity index (χ4v) is 2.00. The first-order chi connectivity index (χ1) is 11.1. The van der Waals surface area contributed by atoms with Crippen molar-refractivity contribution in [1.29, 1.82) is 0 Å². The molecule has 0 saturated carbocycles. The van der Waals surface area contributed by atoms with Crippen LogP contribution < -0.4 is 10.6 Å². The highest BCUT2D eigenvalue weighted by Gasteiger charge is 2.06. The van der Waals surface area contributed by atoms with Gasteiger partial charge in [-0.2, -0.15) is 4.98 Å². The molecule has 0 atom stereocenters. The Kier molecular flexibility index (Phi) is 5.91. The summed E-state index contributed by atoms with van der Waals surface area (Å²) < 4.78 is 4.97. The number of carbonyl (C=O) groups excluding carboxylic acids is 1. The predicted molar refractivity (Wildman–Crippen MR) is 91.2 cm³/mol. The average molecular weight is 314 g/mol. The van der Waals surface area contributed by atoms with Crippen LogP contribution in [0.1, 0.15) is 36.3 Å². The van der Waals surface area contributed by atoms with Crippen LogP contribution in [-0.2, 0) is 4.74 Å². The second kappa shape index (κ2) is 8.12. The minimum Gasteiger partial charge on any atom is -0.462 e. The first-order valence-corrected chi connectivity index (χ1v) is 7.76. The molecule has 0 amide bonds. The Morgan fingerprint density at radius 1 is 1.17 bits per heavy atom. The molecule has 0 aliphatic rings. The van der Waals surface area contributed by atoms with Gasteiger partial charge in [0.05, 0.1) is 12.2 Å². The lowest BCUT2D eigenvalue weighted by Gasteiger charge is -2.10. The van der Waals surface area contributed by atoms with Crippen LogP contribution in [0.25, 0.3) is 0 Å². The Balaban J connectivity index is 2.09. The maximum absolute atomic E-state index is 11.6. The number of rotatable bonds is 7. The minimum atomic E-state index is -0.317. The standard InChI is InChI=1S/C17H22N4O2/c1-4-10-18-17-19-12(3)11-15(21-17)20-14-8-6-13(7-9-14)16(22)23-5-2/h6-9,11H,4-5,10H2,1-3H3,(H2,18,19,20,21). The zero-order valence-corrected chi connectivity index (χ0v) is 13.7. The van der Waals surface area contributed by atoms with Crippen molar-refractivity contribution in [2.24, 2.45) is 0 Å². The van der Waals surface area contributed by atoms with Crippen molar-refractivity contribution in [3.8, 4) is 0 Å². The van der Waals surface area contributed by atoms with Crippen LogP contribution in [-0.4, -0.2) is 29.1 Å². The molecule has 0 spiro atoms. The summed E-state index contributed by atoms with van der Waals surface area (Å²) in [5.41, 5.74) is 2.25. The van der Waals surface area contributed by atoms with Gasteiger partial charge in [0, 0.05) is 24.0 Å². The van der Waals surface area contributed by atoms with Crippen molar-refractivity contribution in [3.05, 3.63) is 41.6 Å². The number of benzene rings is 1. The van der Waals surface area contributed by atoms with Crippen LogP contribution in [0.5, 0.6) is 0 Å². The van der Waals surface area contributed by atoms with Gasteiger partial charge in [0.15, 0.2) is 0 Å². The molecule has 0 radical (unpaired) electrons. The molecule has 0 bridgehead atoms. The van der Waals surface area contributed by atoms with Gasteiger partial charge >= 0.3 is 5.97 Å². The van der Waals surface area contributed by atoms with E-state index in [1.807, 2.05) is 25.1 Å². The number of aryl methyl sites for hydroxylation is 1. The van der Waals surface area contributed by atoms with Crippen molar-refractivity contribution in [2.75, 3.05) is 23.8 Å². The summed E-state index contributed by atoms with van der Waals surface area (Å²) >= 11 is 0. The summed E-state index contributed by atoms with van der Waals surface area (Å²) in [6.07, 6.45) is 1.01. The predicted octanol–water partition coefficient (Wildman–Crippen LogP) is 3.53. The zero-order valence-electron chi connectivity index (χ0n) is 13.7. The molecule has 6 nitrogen and oxygen atoms in total. The van der Waals surface area contributed by atoms with E-state index < -0.39 is 0 Å². The summed E-state index contributed by atoms with van der Waals surface area (Å²) in [5.74, 6) is 1.00. The van der Waals surface area contributed by atoms with Crippen LogP contribution in [0.2, 0.25) is 0 Å². The Labute approximate surface area is 136 Å². The molecule has 0 fully saturated rings. The van der Waals surface area contributed by atoms with Crippen LogP contribution in [0.4, 0.5) is 17.5 Å². The number of esters is 1. The van der Waals surface area contributed by atoms with E-state index in [0.717, 1.165) is 24.3 Å². The van der Waals surface area contributed by atoms with Crippen LogP contribution in [0, 0.1) is 6.92 Å². The van der Waals surface area contributed by atoms with Gasteiger partial charge in [-0.1, -0.05) is 6.92 Å². The highest BCUT2D eigenvalue weighted by Crippen LogP contribution is 2.18. The molecular formula is C17H22N4O2. The molecule has 23 heavy (non-hydrogen) atoms. The maximum Gasteiger partial charge on any atom is 0.338 e. The van der Waals surface area contributed by atoms with Gasteiger partial charge in [-0.15, -0.1) is 0 Å². The molecular weight excluding hydrogens is 292 g/mol. The molecule has 6 heteroatoms. The largest absolute Gasteiger partial charge is 0.462 e. The average Bonchev–Trinajstić information content (AvgIpc) is 2.53. The molecule has 1 aromatic heterocycles. The lowest BCUT2D eigenvalue weighted by atomic mass is 10.2. The van der Waals surface area contributed by atoms with Gasteiger partial charge in [0.2, 0.25) is 5.95 Å². The third kappa shape index (κ3) is 4.95. The number of aromatic nitrogens is 2. The van der Waals surface area contributed by atoms with Gasteiger partial charge in [-0.05, 0) is 44.5 Å². The van der Waals surface area contributed by atoms with Crippen molar-refractivity contribution in [1.82, 2.24) is 9.97 Å². The van der Waals surface area contributed by atoms with Gasteiger partial charge in [0.25, 0.3) is 0 Å². The highest BCUT2D eigenvalue weighted by atomic mass is 16.5. The summed E-state index contributed by atoms with van der Waals surface area (Å²) in [6, 6.07) is 8.97. The van der Waals surface area contributed by atoms with Gasteiger partial charge < -0.3 is 15.4 Å². The lowest BCUT2D eigenvalue weighted by Crippen LogP contribution is -2.07. The number of nitrogens with zero attached hydrogens (tertiary/aromatic N) is 2. The topological polar surface area (TPSA) is 76.1 Å². The smallest absolute Gasteiger partial charge is 0.338 e. The third-order valence-electron chi connectivity index (χ3n) is 3.06. The monoisotopic (exact) mass is 314 g/mol. The Morgan fingerprint density at radius 2 is 1.91 bits per heavy atom. The van der Waals surface area contributed by atoms with E-state index in [1.54, 1.807) is 19.1 Å². The molecule has 0 aliphatic carbocycles. The number of anilines is 3. The normalized spacial score (nSPS) is 10.2. The number of hydrogen-bond acceptors (Lipinski definition) is 6. The zero-order chi connectivity index (χ0) is 16.7. The SMILES string of the molecule is CCCNc1nc(C)cc(Nc2ccc(C(=O)OCC)cc2)n1. The highest BCUT2D eigenvalue weighted by molar-refractivity contribution is 5.89. The molecule has 122 valence electrons. The van der Waals surface area contributed by atoms with E-state index in [1.165, 1.54) is 0 Å². The molecule has 2 rings (SSSR count). The molecule has 2 N–H and O–H groups in total. The number of hydrogen-bond donors (Lipinski definition) is 2. The molecule has 0 unspecified atom stereocenters. The van der Waals surface area contributed by atoms with E-state index >= 15 is 0 Å². The van der Waals surface area contributed by atoms with Crippen molar-refractivity contribution in [3.63, 3.8) is 0 Å². The number of nitrogens with one attached hydrogen (secondary N) is 2. The van der Waals surface area contributed by atoms with E-state index in [2.05, 4.69) is 27.5 Å². The fourth-order valence-electron chi connectivity index (χ4n) is 2.00. The number of ether oxygens (including phenoxy) is 1. The second-order valence-electron chi connectivity index (χ2n) is 5.07. The first kappa shape index (κ1) is 16.7. The van der Waals surface area contributed by atoms with Crippen LogP contribution >= 0.6 is 0 Å². The Bertz CT molecular complexity index is 656.